The molecule has 2 aliphatic heterocycles. The van der Waals surface area contributed by atoms with E-state index in [-0.39, 0.29) is 5.37 Å². The Morgan fingerprint density at radius 1 is 1.13 bits per heavy atom. The minimum Gasteiger partial charge on any atom is -0.329 e. The maximum atomic E-state index is 11.0. The van der Waals surface area contributed by atoms with Crippen LogP contribution in [0.1, 0.15) is 19.3 Å². The van der Waals surface area contributed by atoms with E-state index in [1.165, 1.54) is 19.5 Å². The van der Waals surface area contributed by atoms with Crippen LogP contribution in [0.3, 0.4) is 0 Å². The Labute approximate surface area is 96.4 Å². The van der Waals surface area contributed by atoms with E-state index in [4.69, 9.17) is 11.6 Å². The molecule has 2 heterocycles. The van der Waals surface area contributed by atoms with Gasteiger partial charge in [-0.3, -0.25) is 4.79 Å². The molecule has 2 rings (SSSR count). The number of likely N-dealkylation sites (tertiary alicyclic amines) is 2. The minimum atomic E-state index is -0.281. The number of piperidine rings is 1. The first-order chi connectivity index (χ1) is 7.16. The monoisotopic (exact) mass is 230 g/mol. The summed E-state index contributed by atoms with van der Waals surface area (Å²) in [5.74, 6) is 1.66. The maximum absolute atomic E-state index is 11.0. The number of carbonyl (C=O) groups is 1. The predicted octanol–water partition coefficient (Wildman–Crippen LogP) is 2.01. The second kappa shape index (κ2) is 4.71. The predicted molar refractivity (Wildman–Crippen MR) is 61.2 cm³/mol. The number of rotatable bonds is 1. The molecule has 0 aliphatic carbocycles. The number of nitrogens with zero attached hydrogens (tertiary/aromatic N) is 2. The lowest BCUT2D eigenvalue weighted by Gasteiger charge is -2.33. The zero-order valence-electron chi connectivity index (χ0n) is 9.29. The highest BCUT2D eigenvalue weighted by atomic mass is 35.5. The van der Waals surface area contributed by atoms with Gasteiger partial charge in [-0.05, 0) is 56.3 Å². The van der Waals surface area contributed by atoms with Crippen molar-refractivity contribution in [2.75, 3.05) is 33.2 Å². The van der Waals surface area contributed by atoms with Crippen LogP contribution >= 0.6 is 11.6 Å². The van der Waals surface area contributed by atoms with Gasteiger partial charge in [0.2, 0.25) is 0 Å². The van der Waals surface area contributed by atoms with Gasteiger partial charge in [0.1, 0.15) is 0 Å². The molecule has 4 heteroatoms. The fourth-order valence-corrected chi connectivity index (χ4v) is 3.07. The van der Waals surface area contributed by atoms with Crippen LogP contribution in [0.25, 0.3) is 0 Å². The lowest BCUT2D eigenvalue weighted by atomic mass is 9.84. The average molecular weight is 231 g/mol. The van der Waals surface area contributed by atoms with E-state index < -0.39 is 0 Å². The highest BCUT2D eigenvalue weighted by Gasteiger charge is 2.31. The molecule has 15 heavy (non-hydrogen) atoms. The van der Waals surface area contributed by atoms with Crippen LogP contribution in [0.4, 0.5) is 4.79 Å². The largest absolute Gasteiger partial charge is 0.329 e. The van der Waals surface area contributed by atoms with Crippen LogP contribution in [0.15, 0.2) is 0 Å². The highest BCUT2D eigenvalue weighted by molar-refractivity contribution is 6.62. The molecular formula is C11H19ClN2O. The molecular weight excluding hydrogens is 212 g/mol. The van der Waals surface area contributed by atoms with E-state index >= 15 is 0 Å². The standard InChI is InChI=1S/C11H19ClN2O/c1-13-5-2-10(8-13)9-3-6-14(7-4-9)11(12)15/h9-10H,2-8H2,1H3. The molecule has 1 atom stereocenters. The summed E-state index contributed by atoms with van der Waals surface area (Å²) in [6, 6.07) is 0. The van der Waals surface area contributed by atoms with Crippen molar-refractivity contribution in [2.45, 2.75) is 19.3 Å². The van der Waals surface area contributed by atoms with Crippen LogP contribution in [-0.4, -0.2) is 48.4 Å². The van der Waals surface area contributed by atoms with Gasteiger partial charge in [-0.1, -0.05) is 0 Å². The molecule has 3 nitrogen and oxygen atoms in total. The lowest BCUT2D eigenvalue weighted by Crippen LogP contribution is -2.37. The molecule has 86 valence electrons. The number of amides is 1. The molecule has 1 unspecified atom stereocenters. The molecule has 0 bridgehead atoms. The van der Waals surface area contributed by atoms with Gasteiger partial charge in [-0.2, -0.15) is 0 Å². The van der Waals surface area contributed by atoms with E-state index in [1.807, 2.05) is 0 Å². The van der Waals surface area contributed by atoms with Crippen molar-refractivity contribution in [3.63, 3.8) is 0 Å². The Morgan fingerprint density at radius 3 is 2.20 bits per heavy atom. The van der Waals surface area contributed by atoms with Gasteiger partial charge >= 0.3 is 5.37 Å². The number of hydrogen-bond donors (Lipinski definition) is 0. The summed E-state index contributed by atoms with van der Waals surface area (Å²) in [6.07, 6.45) is 3.60. The average Bonchev–Trinajstić information content (AvgIpc) is 2.65. The summed E-state index contributed by atoms with van der Waals surface area (Å²) in [6.45, 7) is 4.18. The van der Waals surface area contributed by atoms with Gasteiger partial charge in [-0.15, -0.1) is 0 Å². The van der Waals surface area contributed by atoms with E-state index in [9.17, 15) is 4.79 Å². The van der Waals surface area contributed by atoms with Gasteiger partial charge in [0.15, 0.2) is 0 Å². The normalized spacial score (nSPS) is 29.7. The topological polar surface area (TPSA) is 23.6 Å². The summed E-state index contributed by atoms with van der Waals surface area (Å²) in [7, 11) is 2.19. The third-order valence-electron chi connectivity index (χ3n) is 3.88. The first-order valence-corrected chi connectivity index (χ1v) is 6.17. The van der Waals surface area contributed by atoms with Crippen molar-refractivity contribution >= 4 is 17.0 Å². The molecule has 0 aromatic carbocycles. The highest BCUT2D eigenvalue weighted by Crippen LogP contribution is 2.31. The minimum absolute atomic E-state index is 0.281. The second-order valence-corrected chi connectivity index (χ2v) is 5.21. The smallest absolute Gasteiger partial charge is 0.316 e. The SMILES string of the molecule is CN1CCC(C2CCN(C(=O)Cl)CC2)C1. The van der Waals surface area contributed by atoms with Crippen LogP contribution in [0, 0.1) is 11.8 Å². The van der Waals surface area contributed by atoms with Crippen LogP contribution in [0.2, 0.25) is 0 Å². The molecule has 2 aliphatic rings. The summed E-state index contributed by atoms with van der Waals surface area (Å²) in [5, 5.41) is -0.281. The van der Waals surface area contributed by atoms with Gasteiger partial charge < -0.3 is 9.80 Å². The van der Waals surface area contributed by atoms with Crippen molar-refractivity contribution < 1.29 is 4.79 Å². The molecule has 0 radical (unpaired) electrons. The fraction of sp³-hybridized carbons (Fsp3) is 0.909. The Bertz CT molecular complexity index is 239. The van der Waals surface area contributed by atoms with Crippen molar-refractivity contribution in [2.24, 2.45) is 11.8 Å². The molecule has 2 saturated heterocycles. The second-order valence-electron chi connectivity index (χ2n) is 4.89. The van der Waals surface area contributed by atoms with Crippen molar-refractivity contribution in [1.29, 1.82) is 0 Å². The van der Waals surface area contributed by atoms with Gasteiger partial charge in [0, 0.05) is 19.6 Å². The number of halogens is 1. The van der Waals surface area contributed by atoms with Crippen LogP contribution in [-0.2, 0) is 0 Å². The lowest BCUT2D eigenvalue weighted by molar-refractivity contribution is 0.166. The Kier molecular flexibility index (Phi) is 3.52. The number of carbonyl (C=O) groups excluding carboxylic acids is 1. The molecule has 1 amide bonds. The molecule has 0 aromatic heterocycles. The summed E-state index contributed by atoms with van der Waals surface area (Å²) in [5.41, 5.74) is 0. The van der Waals surface area contributed by atoms with Crippen LogP contribution in [0.5, 0.6) is 0 Å². The van der Waals surface area contributed by atoms with E-state index in [0.717, 1.165) is 37.8 Å². The number of hydrogen-bond acceptors (Lipinski definition) is 2. The quantitative estimate of drug-likeness (QED) is 0.508. The zero-order chi connectivity index (χ0) is 10.8. The van der Waals surface area contributed by atoms with Gasteiger partial charge in [0.05, 0.1) is 0 Å². The molecule has 0 saturated carbocycles. The first kappa shape index (κ1) is 11.2. The van der Waals surface area contributed by atoms with Crippen LogP contribution < -0.4 is 0 Å². The maximum Gasteiger partial charge on any atom is 0.316 e. The molecule has 0 aromatic rings. The Balaban J connectivity index is 1.80. The Hall–Kier alpha value is -0.280. The van der Waals surface area contributed by atoms with Crippen molar-refractivity contribution in [1.82, 2.24) is 9.80 Å². The molecule has 0 spiro atoms. The third-order valence-corrected chi connectivity index (χ3v) is 4.12. The summed E-state index contributed by atoms with van der Waals surface area (Å²) in [4.78, 5) is 15.1. The third kappa shape index (κ3) is 2.64. The van der Waals surface area contributed by atoms with E-state index in [2.05, 4.69) is 11.9 Å². The molecule has 0 N–H and O–H groups in total. The van der Waals surface area contributed by atoms with Gasteiger partial charge in [0.25, 0.3) is 0 Å². The Morgan fingerprint density at radius 2 is 1.73 bits per heavy atom. The van der Waals surface area contributed by atoms with Gasteiger partial charge in [-0.25, -0.2) is 0 Å². The van der Waals surface area contributed by atoms with E-state index in [0.29, 0.717) is 0 Å². The van der Waals surface area contributed by atoms with Crippen molar-refractivity contribution in [3.8, 4) is 0 Å². The van der Waals surface area contributed by atoms with Crippen molar-refractivity contribution in [3.05, 3.63) is 0 Å². The zero-order valence-corrected chi connectivity index (χ0v) is 10.0. The first-order valence-electron chi connectivity index (χ1n) is 5.80. The summed E-state index contributed by atoms with van der Waals surface area (Å²) >= 11 is 5.47. The molecule has 2 fully saturated rings. The fourth-order valence-electron chi connectivity index (χ4n) is 2.90. The summed E-state index contributed by atoms with van der Waals surface area (Å²) < 4.78 is 0. The van der Waals surface area contributed by atoms with E-state index in [1.54, 1.807) is 4.90 Å².